The lowest BCUT2D eigenvalue weighted by atomic mass is 9.93. The summed E-state index contributed by atoms with van der Waals surface area (Å²) in [5.41, 5.74) is 8.29. The maximum Gasteiger partial charge on any atom is 0.0576 e. The van der Waals surface area contributed by atoms with Crippen molar-refractivity contribution >= 4 is 0 Å². The minimum absolute atomic E-state index is 0.225. The molecule has 2 unspecified atom stereocenters. The van der Waals surface area contributed by atoms with Crippen molar-refractivity contribution in [1.29, 1.82) is 0 Å². The van der Waals surface area contributed by atoms with Crippen molar-refractivity contribution in [3.63, 3.8) is 0 Å². The molecule has 0 aliphatic carbocycles. The molecule has 3 nitrogen and oxygen atoms in total. The van der Waals surface area contributed by atoms with E-state index in [9.17, 15) is 0 Å². The molecule has 1 saturated heterocycles. The average molecular weight is 262 g/mol. The van der Waals surface area contributed by atoms with Crippen LogP contribution < -0.4 is 11.3 Å². The summed E-state index contributed by atoms with van der Waals surface area (Å²) in [5, 5.41) is 0. The molecule has 3 heteroatoms. The van der Waals surface area contributed by atoms with Crippen LogP contribution in [0.15, 0.2) is 12.1 Å². The second-order valence-corrected chi connectivity index (χ2v) is 5.72. The van der Waals surface area contributed by atoms with Crippen LogP contribution in [0.2, 0.25) is 0 Å². The molecular formula is C16H26N2O. The van der Waals surface area contributed by atoms with Gasteiger partial charge in [0, 0.05) is 12.6 Å². The number of nitrogens with two attached hydrogens (primary N) is 1. The SMILES string of the molecule is Cc1cc(C)c(C(CCC2CCCO2)NN)cc1C. The normalized spacial score (nSPS) is 20.7. The van der Waals surface area contributed by atoms with Gasteiger partial charge in [0.25, 0.3) is 0 Å². The molecular weight excluding hydrogens is 236 g/mol. The molecule has 0 spiro atoms. The Morgan fingerprint density at radius 2 is 2.00 bits per heavy atom. The number of hydrazine groups is 1. The Bertz CT molecular complexity index is 425. The Hall–Kier alpha value is -0.900. The van der Waals surface area contributed by atoms with Crippen molar-refractivity contribution in [3.8, 4) is 0 Å². The molecule has 0 saturated carbocycles. The summed E-state index contributed by atoms with van der Waals surface area (Å²) in [6.45, 7) is 7.40. The van der Waals surface area contributed by atoms with E-state index in [4.69, 9.17) is 10.6 Å². The summed E-state index contributed by atoms with van der Waals surface area (Å²) in [6, 6.07) is 4.75. The highest BCUT2D eigenvalue weighted by Gasteiger charge is 2.19. The first-order valence-corrected chi connectivity index (χ1v) is 7.27. The number of aryl methyl sites for hydroxylation is 3. The lowest BCUT2D eigenvalue weighted by molar-refractivity contribution is 0.0996. The molecule has 3 N–H and O–H groups in total. The molecule has 1 aromatic carbocycles. The molecule has 1 fully saturated rings. The third-order valence-electron chi connectivity index (χ3n) is 4.26. The Labute approximate surface area is 116 Å². The molecule has 2 rings (SSSR count). The van der Waals surface area contributed by atoms with Crippen molar-refractivity contribution in [2.45, 2.75) is 58.6 Å². The lowest BCUT2D eigenvalue weighted by Crippen LogP contribution is -2.29. The topological polar surface area (TPSA) is 47.3 Å². The Morgan fingerprint density at radius 1 is 1.26 bits per heavy atom. The Kier molecular flexibility index (Phi) is 4.97. The van der Waals surface area contributed by atoms with Gasteiger partial charge in [-0.2, -0.15) is 0 Å². The van der Waals surface area contributed by atoms with Gasteiger partial charge in [0.15, 0.2) is 0 Å². The smallest absolute Gasteiger partial charge is 0.0576 e. The Balaban J connectivity index is 2.05. The van der Waals surface area contributed by atoms with E-state index in [1.165, 1.54) is 35.1 Å². The van der Waals surface area contributed by atoms with Crippen LogP contribution in [-0.4, -0.2) is 12.7 Å². The van der Waals surface area contributed by atoms with Gasteiger partial charge < -0.3 is 4.74 Å². The predicted molar refractivity (Wildman–Crippen MR) is 78.9 cm³/mol. The van der Waals surface area contributed by atoms with E-state index in [1.54, 1.807) is 0 Å². The Morgan fingerprint density at radius 3 is 2.63 bits per heavy atom. The van der Waals surface area contributed by atoms with E-state index >= 15 is 0 Å². The van der Waals surface area contributed by atoms with Gasteiger partial charge in [-0.1, -0.05) is 12.1 Å². The van der Waals surface area contributed by atoms with Crippen molar-refractivity contribution in [3.05, 3.63) is 34.4 Å². The number of nitrogens with one attached hydrogen (secondary N) is 1. The van der Waals surface area contributed by atoms with E-state index in [0.29, 0.717) is 6.10 Å². The van der Waals surface area contributed by atoms with Crippen molar-refractivity contribution in [1.82, 2.24) is 5.43 Å². The third-order valence-corrected chi connectivity index (χ3v) is 4.26. The van der Waals surface area contributed by atoms with Gasteiger partial charge >= 0.3 is 0 Å². The highest BCUT2D eigenvalue weighted by molar-refractivity contribution is 5.38. The van der Waals surface area contributed by atoms with Crippen molar-refractivity contribution in [2.75, 3.05) is 6.61 Å². The molecule has 1 aromatic rings. The van der Waals surface area contributed by atoms with Crippen LogP contribution in [0.3, 0.4) is 0 Å². The molecule has 0 bridgehead atoms. The third kappa shape index (κ3) is 3.56. The summed E-state index contributed by atoms with van der Waals surface area (Å²) in [4.78, 5) is 0. The molecule has 1 heterocycles. The molecule has 1 aliphatic heterocycles. The van der Waals surface area contributed by atoms with Crippen LogP contribution in [0.5, 0.6) is 0 Å². The highest BCUT2D eigenvalue weighted by atomic mass is 16.5. The van der Waals surface area contributed by atoms with E-state index in [-0.39, 0.29) is 6.04 Å². The zero-order valence-corrected chi connectivity index (χ0v) is 12.3. The molecule has 2 atom stereocenters. The van der Waals surface area contributed by atoms with E-state index < -0.39 is 0 Å². The van der Waals surface area contributed by atoms with Gasteiger partial charge in [0.1, 0.15) is 0 Å². The fourth-order valence-electron chi connectivity index (χ4n) is 2.91. The molecule has 0 aromatic heterocycles. The number of rotatable bonds is 5. The summed E-state index contributed by atoms with van der Waals surface area (Å²) in [5.74, 6) is 5.76. The van der Waals surface area contributed by atoms with Crippen LogP contribution in [0.1, 0.15) is 54.0 Å². The minimum Gasteiger partial charge on any atom is -0.378 e. The van der Waals surface area contributed by atoms with Crippen LogP contribution in [0.4, 0.5) is 0 Å². The van der Waals surface area contributed by atoms with Gasteiger partial charge in [0.2, 0.25) is 0 Å². The van der Waals surface area contributed by atoms with E-state index in [0.717, 1.165) is 19.4 Å². The van der Waals surface area contributed by atoms with Gasteiger partial charge in [0.05, 0.1) is 6.10 Å². The van der Waals surface area contributed by atoms with Crippen molar-refractivity contribution in [2.24, 2.45) is 5.84 Å². The summed E-state index contributed by atoms with van der Waals surface area (Å²) in [6.07, 6.45) is 4.95. The van der Waals surface area contributed by atoms with Crippen LogP contribution in [-0.2, 0) is 4.74 Å². The number of benzene rings is 1. The maximum atomic E-state index is 5.76. The average Bonchev–Trinajstić information content (AvgIpc) is 2.89. The predicted octanol–water partition coefficient (Wildman–Crippen LogP) is 3.08. The monoisotopic (exact) mass is 262 g/mol. The first kappa shape index (κ1) is 14.5. The standard InChI is InChI=1S/C16H26N2O/c1-11-9-13(3)15(10-12(11)2)16(18-17)7-6-14-5-4-8-19-14/h9-10,14,16,18H,4-8,17H2,1-3H3. The van der Waals surface area contributed by atoms with E-state index in [1.807, 2.05) is 0 Å². The first-order valence-electron chi connectivity index (χ1n) is 7.27. The maximum absolute atomic E-state index is 5.76. The second kappa shape index (κ2) is 6.51. The zero-order chi connectivity index (χ0) is 13.8. The molecule has 1 aliphatic rings. The zero-order valence-electron chi connectivity index (χ0n) is 12.3. The quantitative estimate of drug-likeness (QED) is 0.633. The van der Waals surface area contributed by atoms with Gasteiger partial charge in [-0.3, -0.25) is 11.3 Å². The largest absolute Gasteiger partial charge is 0.378 e. The number of hydrogen-bond donors (Lipinski definition) is 2. The van der Waals surface area contributed by atoms with Crippen LogP contribution in [0.25, 0.3) is 0 Å². The van der Waals surface area contributed by atoms with Crippen LogP contribution >= 0.6 is 0 Å². The summed E-state index contributed by atoms with van der Waals surface area (Å²) >= 11 is 0. The lowest BCUT2D eigenvalue weighted by Gasteiger charge is -2.21. The van der Waals surface area contributed by atoms with Gasteiger partial charge in [-0.25, -0.2) is 0 Å². The number of ether oxygens (including phenoxy) is 1. The number of hydrogen-bond acceptors (Lipinski definition) is 3. The summed E-state index contributed by atoms with van der Waals surface area (Å²) < 4.78 is 5.69. The second-order valence-electron chi connectivity index (χ2n) is 5.72. The molecule has 0 amide bonds. The van der Waals surface area contributed by atoms with Gasteiger partial charge in [-0.05, 0) is 68.7 Å². The van der Waals surface area contributed by atoms with E-state index in [2.05, 4.69) is 38.3 Å². The van der Waals surface area contributed by atoms with Crippen LogP contribution in [0, 0.1) is 20.8 Å². The fraction of sp³-hybridized carbons (Fsp3) is 0.625. The highest BCUT2D eigenvalue weighted by Crippen LogP contribution is 2.27. The molecule has 0 radical (unpaired) electrons. The minimum atomic E-state index is 0.225. The first-order chi connectivity index (χ1) is 9.11. The van der Waals surface area contributed by atoms with Gasteiger partial charge in [-0.15, -0.1) is 0 Å². The molecule has 19 heavy (non-hydrogen) atoms. The fourth-order valence-corrected chi connectivity index (χ4v) is 2.91. The molecule has 106 valence electrons. The summed E-state index contributed by atoms with van der Waals surface area (Å²) in [7, 11) is 0. The van der Waals surface area contributed by atoms with Crippen molar-refractivity contribution < 1.29 is 4.74 Å².